The number of piperidine rings is 1. The molecule has 0 spiro atoms. The van der Waals surface area contributed by atoms with Crippen LogP contribution >= 0.6 is 0 Å². The van der Waals surface area contributed by atoms with E-state index in [0.717, 1.165) is 22.7 Å². The zero-order chi connectivity index (χ0) is 20.5. The highest BCUT2D eigenvalue weighted by Gasteiger charge is 2.26. The van der Waals surface area contributed by atoms with Crippen molar-refractivity contribution in [3.8, 4) is 22.8 Å². The Bertz CT molecular complexity index is 1010. The molecule has 3 heterocycles. The second kappa shape index (κ2) is 8.07. The van der Waals surface area contributed by atoms with Crippen molar-refractivity contribution in [2.45, 2.75) is 58.0 Å². The molecule has 29 heavy (non-hydrogen) atoms. The average Bonchev–Trinajstić information content (AvgIpc) is 3.17. The van der Waals surface area contributed by atoms with Crippen molar-refractivity contribution in [2.24, 2.45) is 0 Å². The number of aryl methyl sites for hydroxylation is 1. The normalized spacial score (nSPS) is 22.0. The summed E-state index contributed by atoms with van der Waals surface area (Å²) in [5.74, 6) is 2.03. The van der Waals surface area contributed by atoms with Crippen molar-refractivity contribution < 1.29 is 9.47 Å². The van der Waals surface area contributed by atoms with Crippen molar-refractivity contribution in [1.82, 2.24) is 14.7 Å². The summed E-state index contributed by atoms with van der Waals surface area (Å²) in [6.07, 6.45) is 7.95. The van der Waals surface area contributed by atoms with Crippen molar-refractivity contribution in [2.75, 3.05) is 14.2 Å². The molecule has 3 atom stereocenters. The molecular weight excluding hydrogens is 362 g/mol. The van der Waals surface area contributed by atoms with Gasteiger partial charge < -0.3 is 19.2 Å². The molecule has 0 radical (unpaired) electrons. The predicted octanol–water partition coefficient (Wildman–Crippen LogP) is 4.96. The number of aromatic nitrogens is 2. The van der Waals surface area contributed by atoms with Gasteiger partial charge in [-0.1, -0.05) is 13.0 Å². The number of pyridine rings is 1. The molecule has 0 bridgehead atoms. The van der Waals surface area contributed by atoms with Gasteiger partial charge in [0, 0.05) is 30.0 Å². The Hall–Kier alpha value is -2.53. The number of rotatable bonds is 5. The molecule has 1 fully saturated rings. The molecule has 4 rings (SSSR count). The topological polar surface area (TPSA) is 47.8 Å². The van der Waals surface area contributed by atoms with Crippen LogP contribution in [0, 0.1) is 6.92 Å². The van der Waals surface area contributed by atoms with Gasteiger partial charge in [-0.25, -0.2) is 4.98 Å². The molecule has 5 nitrogen and oxygen atoms in total. The van der Waals surface area contributed by atoms with Crippen LogP contribution in [0.5, 0.6) is 11.5 Å². The van der Waals surface area contributed by atoms with E-state index >= 15 is 0 Å². The molecule has 1 aromatic carbocycles. The van der Waals surface area contributed by atoms with Crippen molar-refractivity contribution in [3.63, 3.8) is 0 Å². The fourth-order valence-electron chi connectivity index (χ4n) is 4.62. The molecule has 1 N–H and O–H groups in total. The summed E-state index contributed by atoms with van der Waals surface area (Å²) in [5, 5.41) is 3.72. The second-order valence-electron chi connectivity index (χ2n) is 8.22. The average molecular weight is 394 g/mol. The second-order valence-corrected chi connectivity index (χ2v) is 8.22. The smallest absolute Gasteiger partial charge is 0.161 e. The van der Waals surface area contributed by atoms with E-state index in [0.29, 0.717) is 23.8 Å². The highest BCUT2D eigenvalue weighted by molar-refractivity contribution is 5.67. The van der Waals surface area contributed by atoms with Gasteiger partial charge in [0.2, 0.25) is 0 Å². The molecule has 0 amide bonds. The van der Waals surface area contributed by atoms with Crippen LogP contribution in [0.15, 0.2) is 36.7 Å². The van der Waals surface area contributed by atoms with Crippen LogP contribution < -0.4 is 14.8 Å². The summed E-state index contributed by atoms with van der Waals surface area (Å²) >= 11 is 0. The van der Waals surface area contributed by atoms with Crippen molar-refractivity contribution in [1.29, 1.82) is 0 Å². The molecule has 3 aromatic rings. The molecule has 1 aliphatic heterocycles. The number of fused-ring (bicyclic) bond motifs is 1. The maximum absolute atomic E-state index is 5.46. The fourth-order valence-corrected chi connectivity index (χ4v) is 4.62. The SMILES string of the molecule is CCC1CC(c2cc(C)c3nc(-c4ccc(OC)c(OC)c4)cn3c2)CC(C)N1. The van der Waals surface area contributed by atoms with E-state index in [2.05, 4.69) is 48.9 Å². The van der Waals surface area contributed by atoms with Gasteiger partial charge in [-0.05, 0) is 68.4 Å². The van der Waals surface area contributed by atoms with E-state index in [1.807, 2.05) is 18.2 Å². The molecule has 1 saturated heterocycles. The number of hydrogen-bond acceptors (Lipinski definition) is 4. The summed E-state index contributed by atoms with van der Waals surface area (Å²) < 4.78 is 13.0. The van der Waals surface area contributed by atoms with Gasteiger partial charge in [0.05, 0.1) is 19.9 Å². The number of nitrogens with one attached hydrogen (secondary N) is 1. The van der Waals surface area contributed by atoms with E-state index in [1.54, 1.807) is 14.2 Å². The molecule has 0 saturated carbocycles. The standard InChI is InChI=1S/C24H31N3O2/c1-6-20-11-18(10-16(3)25-20)19-9-15(2)24-26-21(14-27(24)13-19)17-7-8-22(28-4)23(12-17)29-5/h7-9,12-14,16,18,20,25H,6,10-11H2,1-5H3. The van der Waals surface area contributed by atoms with Gasteiger partial charge in [-0.3, -0.25) is 0 Å². The first-order chi connectivity index (χ1) is 14.0. The van der Waals surface area contributed by atoms with Crippen LogP contribution in [0.1, 0.15) is 50.2 Å². The van der Waals surface area contributed by atoms with Gasteiger partial charge in [0.15, 0.2) is 11.5 Å². The Balaban J connectivity index is 1.71. The number of benzene rings is 1. The predicted molar refractivity (Wildman–Crippen MR) is 117 cm³/mol. The van der Waals surface area contributed by atoms with E-state index in [9.17, 15) is 0 Å². The molecule has 1 aliphatic rings. The first-order valence-corrected chi connectivity index (χ1v) is 10.5. The number of imidazole rings is 1. The Morgan fingerprint density at radius 1 is 1.10 bits per heavy atom. The monoisotopic (exact) mass is 393 g/mol. The lowest BCUT2D eigenvalue weighted by Gasteiger charge is -2.34. The quantitative estimate of drug-likeness (QED) is 0.665. The maximum atomic E-state index is 5.46. The zero-order valence-corrected chi connectivity index (χ0v) is 18.0. The number of hydrogen-bond donors (Lipinski definition) is 1. The van der Waals surface area contributed by atoms with Gasteiger partial charge in [-0.15, -0.1) is 0 Å². The highest BCUT2D eigenvalue weighted by Crippen LogP contribution is 2.34. The first-order valence-electron chi connectivity index (χ1n) is 10.5. The van der Waals surface area contributed by atoms with Gasteiger partial charge in [0.25, 0.3) is 0 Å². The number of nitrogens with zero attached hydrogens (tertiary/aromatic N) is 2. The van der Waals surface area contributed by atoms with E-state index < -0.39 is 0 Å². The van der Waals surface area contributed by atoms with E-state index in [-0.39, 0.29) is 0 Å². The summed E-state index contributed by atoms with van der Waals surface area (Å²) in [6, 6.07) is 9.43. The van der Waals surface area contributed by atoms with Crippen LogP contribution in [0.4, 0.5) is 0 Å². The van der Waals surface area contributed by atoms with Crippen LogP contribution in [-0.2, 0) is 0 Å². The van der Waals surface area contributed by atoms with Crippen molar-refractivity contribution >= 4 is 5.65 Å². The third-order valence-electron chi connectivity index (χ3n) is 6.13. The molecule has 154 valence electrons. The maximum Gasteiger partial charge on any atom is 0.161 e. The highest BCUT2D eigenvalue weighted by atomic mass is 16.5. The van der Waals surface area contributed by atoms with Crippen LogP contribution in [0.3, 0.4) is 0 Å². The minimum absolute atomic E-state index is 0.555. The largest absolute Gasteiger partial charge is 0.493 e. The molecule has 0 aliphatic carbocycles. The Labute approximate surface area is 173 Å². The minimum atomic E-state index is 0.555. The summed E-state index contributed by atoms with van der Waals surface area (Å²) in [5.41, 5.74) is 5.60. The summed E-state index contributed by atoms with van der Waals surface area (Å²) in [4.78, 5) is 4.90. The molecule has 5 heteroatoms. The van der Waals surface area contributed by atoms with Gasteiger partial charge in [-0.2, -0.15) is 0 Å². The molecule has 3 unspecified atom stereocenters. The van der Waals surface area contributed by atoms with E-state index in [1.165, 1.54) is 30.4 Å². The molecular formula is C24H31N3O2. The van der Waals surface area contributed by atoms with Crippen LogP contribution in [-0.4, -0.2) is 35.7 Å². The Morgan fingerprint density at radius 3 is 2.62 bits per heavy atom. The third-order valence-corrected chi connectivity index (χ3v) is 6.13. The Morgan fingerprint density at radius 2 is 1.90 bits per heavy atom. The lowest BCUT2D eigenvalue weighted by Crippen LogP contribution is -2.42. The van der Waals surface area contributed by atoms with Crippen LogP contribution in [0.25, 0.3) is 16.9 Å². The molecule has 2 aromatic heterocycles. The third kappa shape index (κ3) is 3.84. The van der Waals surface area contributed by atoms with Crippen molar-refractivity contribution in [3.05, 3.63) is 47.8 Å². The summed E-state index contributed by atoms with van der Waals surface area (Å²) in [7, 11) is 3.31. The van der Waals surface area contributed by atoms with Gasteiger partial charge in [0.1, 0.15) is 5.65 Å². The Kier molecular flexibility index (Phi) is 5.50. The summed E-state index contributed by atoms with van der Waals surface area (Å²) in [6.45, 7) is 6.73. The minimum Gasteiger partial charge on any atom is -0.493 e. The van der Waals surface area contributed by atoms with Gasteiger partial charge >= 0.3 is 0 Å². The van der Waals surface area contributed by atoms with E-state index in [4.69, 9.17) is 14.5 Å². The lowest BCUT2D eigenvalue weighted by atomic mass is 9.83. The van der Waals surface area contributed by atoms with Crippen LogP contribution in [0.2, 0.25) is 0 Å². The number of methoxy groups -OCH3 is 2. The lowest BCUT2D eigenvalue weighted by molar-refractivity contribution is 0.296. The fraction of sp³-hybridized carbons (Fsp3) is 0.458. The zero-order valence-electron chi connectivity index (χ0n) is 18.0. The number of ether oxygens (including phenoxy) is 2. The first kappa shape index (κ1) is 19.8.